The van der Waals surface area contributed by atoms with Crippen molar-refractivity contribution in [3.63, 3.8) is 0 Å². The van der Waals surface area contributed by atoms with Crippen LogP contribution in [0.3, 0.4) is 0 Å². The molecule has 3 amide bonds. The minimum Gasteiger partial charge on any atom is -0.308 e. The van der Waals surface area contributed by atoms with Crippen LogP contribution in [-0.2, 0) is 16.6 Å². The molecule has 0 bridgehead atoms. The standard InChI is InChI=1S/C18H19N5O3/c1-18-9-7-16(25)23(18)13-6-4-3-5-12(13)17(26)22(18)11-15(24)19-14-8-10-21(2)20-14/h3-6,8,10H,7,9,11H2,1-2H3,(H,19,20,24). The number of carbonyl (C=O) groups is 3. The maximum atomic E-state index is 13.1. The number of amides is 3. The molecule has 0 spiro atoms. The molecular formula is C18H19N5O3. The number of para-hydroxylation sites is 1. The van der Waals surface area contributed by atoms with E-state index in [1.807, 2.05) is 13.0 Å². The Balaban J connectivity index is 1.66. The van der Waals surface area contributed by atoms with Crippen molar-refractivity contribution in [3.8, 4) is 0 Å². The first-order chi connectivity index (χ1) is 12.4. The van der Waals surface area contributed by atoms with Gasteiger partial charge in [-0.15, -0.1) is 0 Å². The Morgan fingerprint density at radius 1 is 1.27 bits per heavy atom. The van der Waals surface area contributed by atoms with Crippen LogP contribution >= 0.6 is 0 Å². The number of anilines is 2. The lowest BCUT2D eigenvalue weighted by molar-refractivity contribution is -0.120. The Bertz CT molecular complexity index is 921. The van der Waals surface area contributed by atoms with Crippen molar-refractivity contribution < 1.29 is 14.4 Å². The van der Waals surface area contributed by atoms with E-state index >= 15 is 0 Å². The molecule has 2 aromatic rings. The Morgan fingerprint density at radius 2 is 2.04 bits per heavy atom. The Kier molecular flexibility index (Phi) is 3.57. The number of nitrogens with zero attached hydrogens (tertiary/aromatic N) is 4. The van der Waals surface area contributed by atoms with E-state index in [-0.39, 0.29) is 24.3 Å². The molecule has 3 heterocycles. The van der Waals surface area contributed by atoms with E-state index in [9.17, 15) is 14.4 Å². The lowest BCUT2D eigenvalue weighted by atomic mass is 9.98. The molecule has 4 rings (SSSR count). The van der Waals surface area contributed by atoms with Gasteiger partial charge in [-0.1, -0.05) is 12.1 Å². The van der Waals surface area contributed by atoms with Gasteiger partial charge in [0, 0.05) is 25.7 Å². The van der Waals surface area contributed by atoms with Gasteiger partial charge in [-0.05, 0) is 25.5 Å². The molecule has 2 aliphatic heterocycles. The SMILES string of the molecule is Cn1ccc(NC(=O)CN2C(=O)c3ccccc3N3C(=O)CCC23C)n1. The maximum Gasteiger partial charge on any atom is 0.258 e. The Hall–Kier alpha value is -3.16. The summed E-state index contributed by atoms with van der Waals surface area (Å²) in [5.41, 5.74) is 0.207. The summed E-state index contributed by atoms with van der Waals surface area (Å²) in [6.07, 6.45) is 2.55. The summed E-state index contributed by atoms with van der Waals surface area (Å²) in [6, 6.07) is 8.71. The highest BCUT2D eigenvalue weighted by Gasteiger charge is 2.53. The highest BCUT2D eigenvalue weighted by molar-refractivity contribution is 6.11. The number of benzene rings is 1. The fourth-order valence-corrected chi connectivity index (χ4v) is 3.75. The summed E-state index contributed by atoms with van der Waals surface area (Å²) < 4.78 is 1.58. The van der Waals surface area contributed by atoms with Gasteiger partial charge in [0.1, 0.15) is 12.2 Å². The molecule has 1 saturated heterocycles. The minimum absolute atomic E-state index is 0.0393. The maximum absolute atomic E-state index is 13.1. The third kappa shape index (κ3) is 2.37. The van der Waals surface area contributed by atoms with Gasteiger partial charge in [0.15, 0.2) is 5.82 Å². The quantitative estimate of drug-likeness (QED) is 0.902. The zero-order chi connectivity index (χ0) is 18.5. The molecule has 1 fully saturated rings. The van der Waals surface area contributed by atoms with Gasteiger partial charge in [-0.3, -0.25) is 24.0 Å². The number of aromatic nitrogens is 2. The lowest BCUT2D eigenvalue weighted by Crippen LogP contribution is -2.63. The molecule has 26 heavy (non-hydrogen) atoms. The van der Waals surface area contributed by atoms with E-state index in [2.05, 4.69) is 10.4 Å². The van der Waals surface area contributed by atoms with E-state index < -0.39 is 5.66 Å². The largest absolute Gasteiger partial charge is 0.308 e. The van der Waals surface area contributed by atoms with Crippen LogP contribution in [0, 0.1) is 0 Å². The summed E-state index contributed by atoms with van der Waals surface area (Å²) in [5, 5.41) is 6.81. The molecule has 8 heteroatoms. The fraction of sp³-hybridized carbons (Fsp3) is 0.333. The second kappa shape index (κ2) is 5.69. The van der Waals surface area contributed by atoms with Gasteiger partial charge < -0.3 is 10.2 Å². The lowest BCUT2D eigenvalue weighted by Gasteiger charge is -2.48. The van der Waals surface area contributed by atoms with Crippen molar-refractivity contribution in [2.75, 3.05) is 16.8 Å². The van der Waals surface area contributed by atoms with Crippen LogP contribution < -0.4 is 10.2 Å². The molecule has 1 unspecified atom stereocenters. The molecule has 134 valence electrons. The number of fused-ring (bicyclic) bond motifs is 3. The van der Waals surface area contributed by atoms with E-state index in [0.29, 0.717) is 29.9 Å². The van der Waals surface area contributed by atoms with Crippen LogP contribution in [0.5, 0.6) is 0 Å². The molecule has 1 aromatic heterocycles. The number of nitrogens with one attached hydrogen (secondary N) is 1. The number of hydrogen-bond acceptors (Lipinski definition) is 4. The smallest absolute Gasteiger partial charge is 0.258 e. The average molecular weight is 353 g/mol. The molecule has 0 radical (unpaired) electrons. The van der Waals surface area contributed by atoms with Crippen molar-refractivity contribution in [2.45, 2.75) is 25.4 Å². The third-order valence-corrected chi connectivity index (χ3v) is 5.03. The predicted octanol–water partition coefficient (Wildman–Crippen LogP) is 1.36. The van der Waals surface area contributed by atoms with E-state index in [1.165, 1.54) is 4.90 Å². The Morgan fingerprint density at radius 3 is 2.77 bits per heavy atom. The van der Waals surface area contributed by atoms with Crippen LogP contribution in [0.2, 0.25) is 0 Å². The topological polar surface area (TPSA) is 87.5 Å². The predicted molar refractivity (Wildman–Crippen MR) is 94.4 cm³/mol. The second-order valence-corrected chi connectivity index (χ2v) is 6.78. The normalized spacial score (nSPS) is 21.6. The van der Waals surface area contributed by atoms with Crippen LogP contribution in [-0.4, -0.2) is 44.6 Å². The van der Waals surface area contributed by atoms with Crippen LogP contribution in [0.1, 0.15) is 30.1 Å². The summed E-state index contributed by atoms with van der Waals surface area (Å²) in [6.45, 7) is 1.68. The van der Waals surface area contributed by atoms with Gasteiger partial charge in [0.2, 0.25) is 11.8 Å². The van der Waals surface area contributed by atoms with Gasteiger partial charge in [0.05, 0.1) is 11.3 Å². The van der Waals surface area contributed by atoms with Gasteiger partial charge >= 0.3 is 0 Å². The highest BCUT2D eigenvalue weighted by Crippen LogP contribution is 2.43. The summed E-state index contributed by atoms with van der Waals surface area (Å²) in [4.78, 5) is 41.2. The number of aryl methyl sites for hydroxylation is 1. The van der Waals surface area contributed by atoms with Crippen molar-refractivity contribution in [1.82, 2.24) is 14.7 Å². The molecule has 0 aliphatic carbocycles. The summed E-state index contributed by atoms with van der Waals surface area (Å²) in [5.74, 6) is -0.211. The van der Waals surface area contributed by atoms with Crippen molar-refractivity contribution >= 4 is 29.2 Å². The van der Waals surface area contributed by atoms with Crippen LogP contribution in [0.25, 0.3) is 0 Å². The summed E-state index contributed by atoms with van der Waals surface area (Å²) >= 11 is 0. The molecular weight excluding hydrogens is 334 g/mol. The molecule has 1 N–H and O–H groups in total. The van der Waals surface area contributed by atoms with Crippen molar-refractivity contribution in [3.05, 3.63) is 42.1 Å². The monoisotopic (exact) mass is 353 g/mol. The molecule has 0 saturated carbocycles. The molecule has 2 aliphatic rings. The van der Waals surface area contributed by atoms with Crippen LogP contribution in [0.15, 0.2) is 36.5 Å². The Labute approximate surface area is 150 Å². The number of hydrogen-bond donors (Lipinski definition) is 1. The number of rotatable bonds is 3. The van der Waals surface area contributed by atoms with Crippen LogP contribution in [0.4, 0.5) is 11.5 Å². The number of carbonyl (C=O) groups excluding carboxylic acids is 3. The molecule has 1 atom stereocenters. The molecule has 1 aromatic carbocycles. The van der Waals surface area contributed by atoms with E-state index in [4.69, 9.17) is 0 Å². The van der Waals surface area contributed by atoms with Crippen molar-refractivity contribution in [2.24, 2.45) is 7.05 Å². The average Bonchev–Trinajstić information content (AvgIpc) is 3.15. The van der Waals surface area contributed by atoms with Gasteiger partial charge in [-0.2, -0.15) is 5.10 Å². The third-order valence-electron chi connectivity index (χ3n) is 5.03. The second-order valence-electron chi connectivity index (χ2n) is 6.78. The van der Waals surface area contributed by atoms with E-state index in [1.54, 1.807) is 47.1 Å². The first kappa shape index (κ1) is 16.3. The first-order valence-electron chi connectivity index (χ1n) is 8.44. The fourth-order valence-electron chi connectivity index (χ4n) is 3.75. The summed E-state index contributed by atoms with van der Waals surface area (Å²) in [7, 11) is 1.75. The minimum atomic E-state index is -0.843. The zero-order valence-electron chi connectivity index (χ0n) is 14.6. The van der Waals surface area contributed by atoms with E-state index in [0.717, 1.165) is 0 Å². The van der Waals surface area contributed by atoms with Gasteiger partial charge in [0.25, 0.3) is 5.91 Å². The molecule has 8 nitrogen and oxygen atoms in total. The van der Waals surface area contributed by atoms with Gasteiger partial charge in [-0.25, -0.2) is 0 Å². The zero-order valence-corrected chi connectivity index (χ0v) is 14.6. The highest BCUT2D eigenvalue weighted by atomic mass is 16.2. The van der Waals surface area contributed by atoms with Crippen molar-refractivity contribution in [1.29, 1.82) is 0 Å². The first-order valence-corrected chi connectivity index (χ1v) is 8.44.